The van der Waals surface area contributed by atoms with Crippen LogP contribution in [-0.4, -0.2) is 32.6 Å². The molecule has 0 saturated carbocycles. The Morgan fingerprint density at radius 3 is 2.62 bits per heavy atom. The van der Waals surface area contributed by atoms with Crippen LogP contribution >= 0.6 is 0 Å². The highest BCUT2D eigenvalue weighted by Gasteiger charge is 2.27. The molecule has 0 aromatic heterocycles. The lowest BCUT2D eigenvalue weighted by Gasteiger charge is -2.18. The largest absolute Gasteiger partial charge is 0.496 e. The van der Waals surface area contributed by atoms with E-state index in [1.165, 1.54) is 6.26 Å². The van der Waals surface area contributed by atoms with E-state index in [2.05, 4.69) is 0 Å². The molecule has 0 amide bonds. The summed E-state index contributed by atoms with van der Waals surface area (Å²) in [7, 11) is -3.09. The SMILES string of the molecule is CC(C(N)C1=CCCO1)S(C)(=O)=O. The van der Waals surface area contributed by atoms with Crippen LogP contribution in [0.2, 0.25) is 0 Å². The highest BCUT2D eigenvalue weighted by Crippen LogP contribution is 2.17. The molecule has 1 heterocycles. The minimum absolute atomic E-state index is 0.530. The van der Waals surface area contributed by atoms with Crippen molar-refractivity contribution in [1.82, 2.24) is 0 Å². The van der Waals surface area contributed by atoms with Gasteiger partial charge >= 0.3 is 0 Å². The first kappa shape index (κ1) is 10.5. The van der Waals surface area contributed by atoms with Gasteiger partial charge in [-0.05, 0) is 13.0 Å². The normalized spacial score (nSPS) is 21.9. The summed E-state index contributed by atoms with van der Waals surface area (Å²) in [6, 6.07) is -0.530. The van der Waals surface area contributed by atoms with Gasteiger partial charge < -0.3 is 10.5 Å². The summed E-state index contributed by atoms with van der Waals surface area (Å²) in [6.45, 7) is 2.21. The number of rotatable bonds is 3. The molecule has 0 aromatic carbocycles. The van der Waals surface area contributed by atoms with Crippen molar-refractivity contribution in [2.75, 3.05) is 12.9 Å². The standard InChI is InChI=1S/C8H15NO3S/c1-6(13(2,10)11)8(9)7-4-3-5-12-7/h4,6,8H,3,5,9H2,1-2H3. The van der Waals surface area contributed by atoms with E-state index < -0.39 is 21.1 Å². The Morgan fingerprint density at radius 1 is 1.62 bits per heavy atom. The highest BCUT2D eigenvalue weighted by atomic mass is 32.2. The lowest BCUT2D eigenvalue weighted by molar-refractivity contribution is 0.224. The third kappa shape index (κ3) is 2.45. The molecule has 2 N–H and O–H groups in total. The van der Waals surface area contributed by atoms with E-state index >= 15 is 0 Å². The molecule has 4 nitrogen and oxygen atoms in total. The summed E-state index contributed by atoms with van der Waals surface area (Å²) in [5.74, 6) is 0.609. The first-order valence-electron chi connectivity index (χ1n) is 4.20. The molecule has 13 heavy (non-hydrogen) atoms. The van der Waals surface area contributed by atoms with Gasteiger partial charge in [-0.3, -0.25) is 0 Å². The van der Waals surface area contributed by atoms with Gasteiger partial charge in [-0.1, -0.05) is 0 Å². The van der Waals surface area contributed by atoms with Crippen molar-refractivity contribution in [3.05, 3.63) is 11.8 Å². The van der Waals surface area contributed by atoms with Crippen molar-refractivity contribution in [2.24, 2.45) is 5.73 Å². The second-order valence-electron chi connectivity index (χ2n) is 3.30. The maximum Gasteiger partial charge on any atom is 0.152 e. The van der Waals surface area contributed by atoms with E-state index in [1.807, 2.05) is 6.08 Å². The lowest BCUT2D eigenvalue weighted by Crippen LogP contribution is -2.39. The van der Waals surface area contributed by atoms with Gasteiger partial charge in [0, 0.05) is 12.7 Å². The predicted molar refractivity (Wildman–Crippen MR) is 50.9 cm³/mol. The zero-order chi connectivity index (χ0) is 10.1. The van der Waals surface area contributed by atoms with Gasteiger partial charge in [0.15, 0.2) is 9.84 Å². The first-order chi connectivity index (χ1) is 5.93. The van der Waals surface area contributed by atoms with Gasteiger partial charge in [-0.15, -0.1) is 0 Å². The Labute approximate surface area is 78.7 Å². The number of hydrogen-bond donors (Lipinski definition) is 1. The van der Waals surface area contributed by atoms with Crippen LogP contribution in [0.25, 0.3) is 0 Å². The first-order valence-corrected chi connectivity index (χ1v) is 6.15. The molecule has 0 radical (unpaired) electrons. The molecule has 0 saturated heterocycles. The molecule has 0 bridgehead atoms. The molecule has 5 heteroatoms. The van der Waals surface area contributed by atoms with Crippen molar-refractivity contribution >= 4 is 9.84 Å². The number of sulfone groups is 1. The molecule has 0 aliphatic carbocycles. The maximum absolute atomic E-state index is 11.2. The molecule has 1 aliphatic heterocycles. The third-order valence-electron chi connectivity index (χ3n) is 2.24. The Hall–Kier alpha value is -0.550. The fraction of sp³-hybridized carbons (Fsp3) is 0.750. The second kappa shape index (κ2) is 3.67. The van der Waals surface area contributed by atoms with E-state index in [0.29, 0.717) is 12.4 Å². The smallest absolute Gasteiger partial charge is 0.152 e. The van der Waals surface area contributed by atoms with Crippen LogP contribution < -0.4 is 5.73 Å². The van der Waals surface area contributed by atoms with Crippen LogP contribution in [0, 0.1) is 0 Å². The topological polar surface area (TPSA) is 69.4 Å². The maximum atomic E-state index is 11.2. The molecule has 1 rings (SSSR count). The summed E-state index contributed by atoms with van der Waals surface area (Å²) >= 11 is 0. The van der Waals surface area contributed by atoms with Crippen molar-refractivity contribution in [3.8, 4) is 0 Å². The Morgan fingerprint density at radius 2 is 2.23 bits per heavy atom. The second-order valence-corrected chi connectivity index (χ2v) is 5.71. The highest BCUT2D eigenvalue weighted by molar-refractivity contribution is 7.91. The van der Waals surface area contributed by atoms with Gasteiger partial charge in [0.05, 0.1) is 17.9 Å². The van der Waals surface area contributed by atoms with Gasteiger partial charge in [-0.2, -0.15) is 0 Å². The van der Waals surface area contributed by atoms with Gasteiger partial charge in [0.2, 0.25) is 0 Å². The van der Waals surface area contributed by atoms with Crippen LogP contribution in [0.5, 0.6) is 0 Å². The zero-order valence-electron chi connectivity index (χ0n) is 7.86. The number of nitrogens with two attached hydrogens (primary N) is 1. The average Bonchev–Trinajstić information content (AvgIpc) is 2.51. The molecule has 0 aromatic rings. The molecule has 2 atom stereocenters. The molecule has 76 valence electrons. The van der Waals surface area contributed by atoms with Crippen LogP contribution in [0.1, 0.15) is 13.3 Å². The Balaban J connectivity index is 2.72. The van der Waals surface area contributed by atoms with Crippen LogP contribution in [-0.2, 0) is 14.6 Å². The summed E-state index contributed by atoms with van der Waals surface area (Å²) in [6.07, 6.45) is 3.86. The molecule has 1 aliphatic rings. The minimum Gasteiger partial charge on any atom is -0.496 e. The van der Waals surface area contributed by atoms with E-state index in [-0.39, 0.29) is 0 Å². The summed E-state index contributed by atoms with van der Waals surface area (Å²) < 4.78 is 27.5. The van der Waals surface area contributed by atoms with Crippen LogP contribution in [0.15, 0.2) is 11.8 Å². The van der Waals surface area contributed by atoms with Gasteiger partial charge in [-0.25, -0.2) is 8.42 Å². The molecular formula is C8H15NO3S. The van der Waals surface area contributed by atoms with Crippen molar-refractivity contribution in [1.29, 1.82) is 0 Å². The molecule has 2 unspecified atom stereocenters. The Kier molecular flexibility index (Phi) is 2.98. The monoisotopic (exact) mass is 205 g/mol. The van der Waals surface area contributed by atoms with E-state index in [4.69, 9.17) is 10.5 Å². The average molecular weight is 205 g/mol. The van der Waals surface area contributed by atoms with Crippen LogP contribution in [0.3, 0.4) is 0 Å². The Bertz CT molecular complexity index is 307. The van der Waals surface area contributed by atoms with Gasteiger partial charge in [0.1, 0.15) is 5.76 Å². The van der Waals surface area contributed by atoms with Gasteiger partial charge in [0.25, 0.3) is 0 Å². The quantitative estimate of drug-likeness (QED) is 0.707. The van der Waals surface area contributed by atoms with E-state index in [9.17, 15) is 8.42 Å². The summed E-state index contributed by atoms with van der Waals surface area (Å²) in [5, 5.41) is -0.586. The lowest BCUT2D eigenvalue weighted by atomic mass is 10.2. The summed E-state index contributed by atoms with van der Waals surface area (Å²) in [4.78, 5) is 0. The zero-order valence-corrected chi connectivity index (χ0v) is 8.67. The fourth-order valence-corrected chi connectivity index (χ4v) is 1.83. The minimum atomic E-state index is -3.09. The predicted octanol–water partition coefficient (Wildman–Crippen LogP) is 0.0510. The molecule has 0 fully saturated rings. The summed E-state index contributed by atoms with van der Waals surface area (Å²) in [5.41, 5.74) is 5.74. The third-order valence-corrected chi connectivity index (χ3v) is 3.89. The van der Waals surface area contributed by atoms with Crippen molar-refractivity contribution in [2.45, 2.75) is 24.6 Å². The number of ether oxygens (including phenoxy) is 1. The fourth-order valence-electron chi connectivity index (χ4n) is 1.17. The van der Waals surface area contributed by atoms with Crippen molar-refractivity contribution < 1.29 is 13.2 Å². The molecule has 0 spiro atoms. The van der Waals surface area contributed by atoms with E-state index in [1.54, 1.807) is 6.92 Å². The van der Waals surface area contributed by atoms with Crippen LogP contribution in [0.4, 0.5) is 0 Å². The molecular weight excluding hydrogens is 190 g/mol. The number of hydrogen-bond acceptors (Lipinski definition) is 4. The van der Waals surface area contributed by atoms with Crippen molar-refractivity contribution in [3.63, 3.8) is 0 Å². The van der Waals surface area contributed by atoms with E-state index in [0.717, 1.165) is 6.42 Å².